The Balaban J connectivity index is 1.73. The highest BCUT2D eigenvalue weighted by Gasteiger charge is 2.30. The molecule has 1 atom stereocenters. The van der Waals surface area contributed by atoms with E-state index in [2.05, 4.69) is 10.3 Å². The van der Waals surface area contributed by atoms with Crippen LogP contribution in [-0.4, -0.2) is 39.7 Å². The van der Waals surface area contributed by atoms with E-state index in [1.807, 2.05) is 0 Å². The summed E-state index contributed by atoms with van der Waals surface area (Å²) in [5.41, 5.74) is -0.688. The number of amides is 2. The number of nitrogens with one attached hydrogen (secondary N) is 1. The lowest BCUT2D eigenvalue weighted by molar-refractivity contribution is -0.385. The molecule has 2 heterocycles. The topological polar surface area (TPSA) is 105 Å². The van der Waals surface area contributed by atoms with Crippen molar-refractivity contribution in [2.24, 2.45) is 5.92 Å². The number of piperidine rings is 1. The average Bonchev–Trinajstić information content (AvgIpc) is 2.71. The van der Waals surface area contributed by atoms with Crippen LogP contribution in [-0.2, 0) is 4.79 Å². The maximum absolute atomic E-state index is 14.0. The number of halogens is 2. The Hall–Kier alpha value is -3.07. The van der Waals surface area contributed by atoms with E-state index in [1.165, 1.54) is 18.0 Å². The van der Waals surface area contributed by atoms with Crippen LogP contribution >= 0.6 is 11.6 Å². The zero-order valence-corrected chi connectivity index (χ0v) is 16.3. The van der Waals surface area contributed by atoms with Gasteiger partial charge in [-0.05, 0) is 38.0 Å². The van der Waals surface area contributed by atoms with Gasteiger partial charge >= 0.3 is 0 Å². The van der Waals surface area contributed by atoms with Gasteiger partial charge in [0.25, 0.3) is 11.6 Å². The first-order valence-electron chi connectivity index (χ1n) is 8.92. The van der Waals surface area contributed by atoms with E-state index in [0.29, 0.717) is 30.2 Å². The maximum atomic E-state index is 14.0. The van der Waals surface area contributed by atoms with E-state index in [9.17, 15) is 24.1 Å². The van der Waals surface area contributed by atoms with Crippen LogP contribution in [0.1, 0.15) is 28.8 Å². The summed E-state index contributed by atoms with van der Waals surface area (Å²) in [5, 5.41) is 14.2. The number of pyridine rings is 1. The first-order chi connectivity index (χ1) is 13.8. The van der Waals surface area contributed by atoms with Crippen LogP contribution in [0.5, 0.6) is 0 Å². The molecule has 8 nitrogen and oxygen atoms in total. The summed E-state index contributed by atoms with van der Waals surface area (Å²) in [4.78, 5) is 41.1. The summed E-state index contributed by atoms with van der Waals surface area (Å²) < 4.78 is 14.0. The van der Waals surface area contributed by atoms with E-state index in [0.717, 1.165) is 12.1 Å². The molecule has 2 aromatic rings. The van der Waals surface area contributed by atoms with Crippen LogP contribution in [0.15, 0.2) is 30.5 Å². The number of nitro groups is 1. The summed E-state index contributed by atoms with van der Waals surface area (Å²) in [6.45, 7) is 1.79. The monoisotopic (exact) mass is 420 g/mol. The van der Waals surface area contributed by atoms with Crippen molar-refractivity contribution >= 4 is 34.9 Å². The van der Waals surface area contributed by atoms with E-state index >= 15 is 0 Å². The lowest BCUT2D eigenvalue weighted by Gasteiger charge is -2.32. The van der Waals surface area contributed by atoms with Crippen LogP contribution in [0.3, 0.4) is 0 Å². The van der Waals surface area contributed by atoms with E-state index < -0.39 is 28.3 Å². The number of benzene rings is 1. The Kier molecular flexibility index (Phi) is 6.07. The van der Waals surface area contributed by atoms with Gasteiger partial charge < -0.3 is 10.2 Å². The first kappa shape index (κ1) is 20.7. The molecule has 1 aromatic heterocycles. The van der Waals surface area contributed by atoms with Crippen LogP contribution in [0.2, 0.25) is 5.02 Å². The molecule has 3 rings (SSSR count). The van der Waals surface area contributed by atoms with Crippen molar-refractivity contribution in [3.8, 4) is 0 Å². The van der Waals surface area contributed by atoms with Gasteiger partial charge in [-0.1, -0.05) is 11.6 Å². The van der Waals surface area contributed by atoms with Gasteiger partial charge in [0, 0.05) is 30.9 Å². The highest BCUT2D eigenvalue weighted by atomic mass is 35.5. The highest BCUT2D eigenvalue weighted by molar-refractivity contribution is 6.30. The molecule has 1 fully saturated rings. The number of anilines is 1. The standard InChI is InChI=1S/C19H18ClFN4O4/c1-11-15(21)7-13(8-16(11)25(28)29)19(27)24-6-2-3-12(10-24)18(26)23-17-5-4-14(20)9-22-17/h4-5,7-9,12H,2-3,6,10H2,1H3,(H,22,23,26). The van der Waals surface area contributed by atoms with Crippen molar-refractivity contribution in [1.29, 1.82) is 0 Å². The van der Waals surface area contributed by atoms with Gasteiger partial charge in [0.2, 0.25) is 5.91 Å². The molecule has 1 aliphatic rings. The largest absolute Gasteiger partial charge is 0.338 e. The summed E-state index contributed by atoms with van der Waals surface area (Å²) in [6, 6.07) is 5.23. The fraction of sp³-hybridized carbons (Fsp3) is 0.316. The zero-order valence-electron chi connectivity index (χ0n) is 15.5. The van der Waals surface area contributed by atoms with Crippen molar-refractivity contribution in [3.63, 3.8) is 0 Å². The zero-order chi connectivity index (χ0) is 21.1. The van der Waals surface area contributed by atoms with E-state index in [1.54, 1.807) is 12.1 Å². The molecule has 10 heteroatoms. The minimum Gasteiger partial charge on any atom is -0.338 e. The van der Waals surface area contributed by atoms with Crippen LogP contribution in [0.4, 0.5) is 15.9 Å². The molecule has 0 radical (unpaired) electrons. The van der Waals surface area contributed by atoms with Crippen molar-refractivity contribution in [3.05, 3.63) is 62.5 Å². The first-order valence-corrected chi connectivity index (χ1v) is 9.30. The molecular weight excluding hydrogens is 403 g/mol. The molecule has 0 spiro atoms. The highest BCUT2D eigenvalue weighted by Crippen LogP contribution is 2.26. The third-order valence-electron chi connectivity index (χ3n) is 4.82. The average molecular weight is 421 g/mol. The molecule has 1 N–H and O–H groups in total. The molecule has 1 aliphatic heterocycles. The van der Waals surface area contributed by atoms with E-state index in [4.69, 9.17) is 11.6 Å². The number of carbonyl (C=O) groups is 2. The van der Waals surface area contributed by atoms with Crippen LogP contribution in [0, 0.1) is 28.8 Å². The molecule has 29 heavy (non-hydrogen) atoms. The van der Waals surface area contributed by atoms with Crippen molar-refractivity contribution in [2.45, 2.75) is 19.8 Å². The van der Waals surface area contributed by atoms with E-state index in [-0.39, 0.29) is 23.6 Å². The SMILES string of the molecule is Cc1c(F)cc(C(=O)N2CCCC(C(=O)Nc3ccc(Cl)cn3)C2)cc1[N+](=O)[O-]. The van der Waals surface area contributed by atoms with Crippen molar-refractivity contribution < 1.29 is 18.9 Å². The molecule has 0 saturated carbocycles. The lowest BCUT2D eigenvalue weighted by atomic mass is 9.96. The fourth-order valence-electron chi connectivity index (χ4n) is 3.21. The maximum Gasteiger partial charge on any atom is 0.276 e. The van der Waals surface area contributed by atoms with Gasteiger partial charge in [0.1, 0.15) is 11.6 Å². The Labute approximate surface area is 170 Å². The molecule has 1 aromatic carbocycles. The predicted octanol–water partition coefficient (Wildman–Crippen LogP) is 3.58. The van der Waals surface area contributed by atoms with Gasteiger partial charge in [0.05, 0.1) is 21.4 Å². The molecule has 1 saturated heterocycles. The summed E-state index contributed by atoms with van der Waals surface area (Å²) in [6.07, 6.45) is 2.56. The van der Waals surface area contributed by atoms with Crippen LogP contribution in [0.25, 0.3) is 0 Å². The van der Waals surface area contributed by atoms with Crippen LogP contribution < -0.4 is 5.32 Å². The van der Waals surface area contributed by atoms with Crippen molar-refractivity contribution in [2.75, 3.05) is 18.4 Å². The molecule has 1 unspecified atom stereocenters. The lowest BCUT2D eigenvalue weighted by Crippen LogP contribution is -2.43. The smallest absolute Gasteiger partial charge is 0.276 e. The number of nitrogens with zero attached hydrogens (tertiary/aromatic N) is 3. The van der Waals surface area contributed by atoms with Gasteiger partial charge in [-0.15, -0.1) is 0 Å². The summed E-state index contributed by atoms with van der Waals surface area (Å²) >= 11 is 5.77. The minimum atomic E-state index is -0.817. The number of nitro benzene ring substituents is 1. The Morgan fingerprint density at radius 1 is 1.38 bits per heavy atom. The summed E-state index contributed by atoms with van der Waals surface area (Å²) in [7, 11) is 0. The molecule has 0 bridgehead atoms. The van der Waals surface area contributed by atoms with Gasteiger partial charge in [-0.25, -0.2) is 9.37 Å². The Bertz CT molecular complexity index is 967. The third kappa shape index (κ3) is 4.68. The Morgan fingerprint density at radius 2 is 2.14 bits per heavy atom. The second-order valence-corrected chi connectivity index (χ2v) is 7.24. The molecule has 2 amide bonds. The fourth-order valence-corrected chi connectivity index (χ4v) is 3.33. The minimum absolute atomic E-state index is 0.111. The predicted molar refractivity (Wildman–Crippen MR) is 104 cm³/mol. The van der Waals surface area contributed by atoms with Gasteiger partial charge in [0.15, 0.2) is 0 Å². The second-order valence-electron chi connectivity index (χ2n) is 6.80. The number of rotatable bonds is 4. The number of carbonyl (C=O) groups excluding carboxylic acids is 2. The quantitative estimate of drug-likeness (QED) is 0.601. The second kappa shape index (κ2) is 8.52. The van der Waals surface area contributed by atoms with Crippen molar-refractivity contribution in [1.82, 2.24) is 9.88 Å². The molecule has 0 aliphatic carbocycles. The number of likely N-dealkylation sites (tertiary alicyclic amines) is 1. The van der Waals surface area contributed by atoms with Gasteiger partial charge in [-0.3, -0.25) is 19.7 Å². The normalized spacial score (nSPS) is 16.4. The number of hydrogen-bond donors (Lipinski definition) is 1. The summed E-state index contributed by atoms with van der Waals surface area (Å²) in [5.74, 6) is -1.79. The molecular formula is C19H18ClFN4O4. The molecule has 152 valence electrons. The Morgan fingerprint density at radius 3 is 2.79 bits per heavy atom. The number of hydrogen-bond acceptors (Lipinski definition) is 5. The van der Waals surface area contributed by atoms with Gasteiger partial charge in [-0.2, -0.15) is 0 Å². The third-order valence-corrected chi connectivity index (χ3v) is 5.04. The number of aromatic nitrogens is 1.